The summed E-state index contributed by atoms with van der Waals surface area (Å²) in [6.45, 7) is 0. The molecule has 0 bridgehead atoms. The lowest BCUT2D eigenvalue weighted by Crippen LogP contribution is -2.06. The molecule has 2 aromatic heterocycles. The summed E-state index contributed by atoms with van der Waals surface area (Å²) in [5.41, 5.74) is 0.713. The number of nitrogens with zero attached hydrogens (tertiary/aromatic N) is 3. The molecule has 2 heterocycles. The first-order valence-corrected chi connectivity index (χ1v) is 5.91. The molecule has 74 valence electrons. The molecule has 2 aromatic rings. The van der Waals surface area contributed by atoms with E-state index in [1.165, 1.54) is 11.3 Å². The lowest BCUT2D eigenvalue weighted by Gasteiger charge is -2.08. The molecule has 0 aliphatic carbocycles. The fourth-order valence-corrected chi connectivity index (χ4v) is 3.06. The van der Waals surface area contributed by atoms with Gasteiger partial charge in [0.1, 0.15) is 6.10 Å². The van der Waals surface area contributed by atoms with Crippen molar-refractivity contribution in [3.63, 3.8) is 0 Å². The van der Waals surface area contributed by atoms with Crippen LogP contribution in [0.3, 0.4) is 0 Å². The number of aliphatic hydroxyl groups excluding tert-OH is 1. The Morgan fingerprint density at radius 1 is 1.64 bits per heavy atom. The van der Waals surface area contributed by atoms with Crippen LogP contribution in [0.25, 0.3) is 0 Å². The molecular weight excluding hydrogens is 313 g/mol. The van der Waals surface area contributed by atoms with Crippen molar-refractivity contribution in [2.45, 2.75) is 6.10 Å². The third-order valence-electron chi connectivity index (χ3n) is 1.92. The summed E-state index contributed by atoms with van der Waals surface area (Å²) in [6, 6.07) is 1.98. The maximum atomic E-state index is 10.0. The molecular formula is C8H8IN3OS. The molecule has 2 rings (SSSR count). The molecule has 0 amide bonds. The van der Waals surface area contributed by atoms with E-state index < -0.39 is 6.10 Å². The van der Waals surface area contributed by atoms with E-state index >= 15 is 0 Å². The number of hydrogen-bond acceptors (Lipinski definition) is 4. The Labute approximate surface area is 98.7 Å². The van der Waals surface area contributed by atoms with E-state index in [-0.39, 0.29) is 0 Å². The van der Waals surface area contributed by atoms with Gasteiger partial charge in [-0.2, -0.15) is 0 Å². The van der Waals surface area contributed by atoms with Crippen molar-refractivity contribution >= 4 is 33.9 Å². The van der Waals surface area contributed by atoms with Crippen LogP contribution < -0.4 is 0 Å². The van der Waals surface area contributed by atoms with Crippen molar-refractivity contribution in [1.29, 1.82) is 0 Å². The molecule has 1 N–H and O–H groups in total. The molecule has 0 aliphatic heterocycles. The van der Waals surface area contributed by atoms with Crippen LogP contribution in [-0.4, -0.2) is 20.1 Å². The predicted molar refractivity (Wildman–Crippen MR) is 62.1 cm³/mol. The number of thiophene rings is 1. The molecule has 0 saturated carbocycles. The molecule has 0 fully saturated rings. The van der Waals surface area contributed by atoms with E-state index in [9.17, 15) is 5.11 Å². The molecule has 1 atom stereocenters. The second-order valence-electron chi connectivity index (χ2n) is 2.82. The van der Waals surface area contributed by atoms with E-state index in [2.05, 4.69) is 32.9 Å². The monoisotopic (exact) mass is 321 g/mol. The van der Waals surface area contributed by atoms with Gasteiger partial charge in [-0.05, 0) is 34.0 Å². The van der Waals surface area contributed by atoms with Gasteiger partial charge in [-0.3, -0.25) is 0 Å². The normalized spacial score (nSPS) is 13.1. The number of aryl methyl sites for hydroxylation is 1. The van der Waals surface area contributed by atoms with Crippen molar-refractivity contribution in [3.8, 4) is 0 Å². The Morgan fingerprint density at radius 3 is 2.93 bits per heavy atom. The van der Waals surface area contributed by atoms with E-state index in [0.717, 1.165) is 8.45 Å². The average Bonchev–Trinajstić information content (AvgIpc) is 2.73. The van der Waals surface area contributed by atoms with E-state index in [1.807, 2.05) is 11.4 Å². The van der Waals surface area contributed by atoms with Gasteiger partial charge < -0.3 is 5.11 Å². The molecule has 6 heteroatoms. The Morgan fingerprint density at radius 2 is 2.43 bits per heavy atom. The highest BCUT2D eigenvalue weighted by molar-refractivity contribution is 14.1. The van der Waals surface area contributed by atoms with Crippen LogP contribution in [0, 0.1) is 3.57 Å². The van der Waals surface area contributed by atoms with Crippen LogP contribution in [-0.2, 0) is 7.05 Å². The Bertz CT molecular complexity index is 399. The molecule has 0 saturated heterocycles. The number of rotatable bonds is 2. The first-order chi connectivity index (χ1) is 6.70. The molecule has 0 spiro atoms. The van der Waals surface area contributed by atoms with Gasteiger partial charge >= 0.3 is 0 Å². The Kier molecular flexibility index (Phi) is 2.84. The number of aliphatic hydroxyl groups is 1. The zero-order valence-electron chi connectivity index (χ0n) is 7.38. The van der Waals surface area contributed by atoms with Gasteiger partial charge in [0.2, 0.25) is 0 Å². The minimum absolute atomic E-state index is 0.623. The maximum Gasteiger partial charge on any atom is 0.132 e. The van der Waals surface area contributed by atoms with Crippen molar-refractivity contribution in [2.75, 3.05) is 0 Å². The van der Waals surface area contributed by atoms with Crippen LogP contribution in [0.1, 0.15) is 16.7 Å². The largest absolute Gasteiger partial charge is 0.381 e. The zero-order chi connectivity index (χ0) is 10.1. The Hall–Kier alpha value is -0.470. The standard InChI is InChI=1S/C8H8IN3OS/c1-12-6(4-10-11-12)7(13)8-5(9)2-3-14-8/h2-4,7,13H,1H3. The smallest absolute Gasteiger partial charge is 0.132 e. The summed E-state index contributed by atoms with van der Waals surface area (Å²) < 4.78 is 2.65. The quantitative estimate of drug-likeness (QED) is 0.854. The fraction of sp³-hybridized carbons (Fsp3) is 0.250. The lowest BCUT2D eigenvalue weighted by atomic mass is 10.2. The second kappa shape index (κ2) is 3.95. The summed E-state index contributed by atoms with van der Waals surface area (Å²) in [7, 11) is 1.77. The van der Waals surface area contributed by atoms with Gasteiger partial charge in [-0.25, -0.2) is 4.68 Å². The molecule has 0 aromatic carbocycles. The van der Waals surface area contributed by atoms with Crippen LogP contribution in [0.4, 0.5) is 0 Å². The summed E-state index contributed by atoms with van der Waals surface area (Å²) in [4.78, 5) is 0.941. The summed E-state index contributed by atoms with van der Waals surface area (Å²) >= 11 is 3.75. The van der Waals surface area contributed by atoms with Crippen LogP contribution in [0.5, 0.6) is 0 Å². The summed E-state index contributed by atoms with van der Waals surface area (Å²) in [5, 5.41) is 19.5. The highest BCUT2D eigenvalue weighted by Gasteiger charge is 2.18. The second-order valence-corrected chi connectivity index (χ2v) is 4.93. The van der Waals surface area contributed by atoms with Gasteiger partial charge in [0.25, 0.3) is 0 Å². The van der Waals surface area contributed by atoms with Crippen molar-refractivity contribution in [3.05, 3.63) is 31.8 Å². The fourth-order valence-electron chi connectivity index (χ4n) is 1.18. The molecule has 1 unspecified atom stereocenters. The van der Waals surface area contributed by atoms with Crippen LogP contribution in [0.2, 0.25) is 0 Å². The van der Waals surface area contributed by atoms with E-state index in [1.54, 1.807) is 17.9 Å². The van der Waals surface area contributed by atoms with Gasteiger partial charge in [-0.1, -0.05) is 5.21 Å². The minimum Gasteiger partial charge on any atom is -0.381 e. The Balaban J connectivity index is 2.38. The van der Waals surface area contributed by atoms with Crippen molar-refractivity contribution in [1.82, 2.24) is 15.0 Å². The van der Waals surface area contributed by atoms with Crippen molar-refractivity contribution < 1.29 is 5.11 Å². The van der Waals surface area contributed by atoms with E-state index in [0.29, 0.717) is 5.69 Å². The van der Waals surface area contributed by atoms with Gasteiger partial charge in [0.05, 0.1) is 16.8 Å². The molecule has 14 heavy (non-hydrogen) atoms. The topological polar surface area (TPSA) is 50.9 Å². The number of hydrogen-bond donors (Lipinski definition) is 1. The molecule has 0 radical (unpaired) electrons. The average molecular weight is 321 g/mol. The predicted octanol–water partition coefficient (Wildman–Crippen LogP) is 1.56. The van der Waals surface area contributed by atoms with Crippen LogP contribution >= 0.6 is 33.9 Å². The number of aromatic nitrogens is 3. The molecule has 4 nitrogen and oxygen atoms in total. The maximum absolute atomic E-state index is 10.0. The highest BCUT2D eigenvalue weighted by Crippen LogP contribution is 2.29. The van der Waals surface area contributed by atoms with Crippen molar-refractivity contribution in [2.24, 2.45) is 7.05 Å². The summed E-state index contributed by atoms with van der Waals surface area (Å²) in [5.74, 6) is 0. The lowest BCUT2D eigenvalue weighted by molar-refractivity contribution is 0.213. The van der Waals surface area contributed by atoms with Gasteiger partial charge in [0.15, 0.2) is 0 Å². The minimum atomic E-state index is -0.623. The summed E-state index contributed by atoms with van der Waals surface area (Å²) in [6.07, 6.45) is 0.961. The molecule has 0 aliphatic rings. The highest BCUT2D eigenvalue weighted by atomic mass is 127. The first kappa shape index (κ1) is 10.1. The van der Waals surface area contributed by atoms with Gasteiger partial charge in [0, 0.05) is 10.6 Å². The SMILES string of the molecule is Cn1nncc1C(O)c1sccc1I. The van der Waals surface area contributed by atoms with Crippen LogP contribution in [0.15, 0.2) is 17.6 Å². The third kappa shape index (κ3) is 1.69. The third-order valence-corrected chi connectivity index (χ3v) is 4.20. The first-order valence-electron chi connectivity index (χ1n) is 3.95. The zero-order valence-corrected chi connectivity index (χ0v) is 10.4. The van der Waals surface area contributed by atoms with Gasteiger partial charge in [-0.15, -0.1) is 16.4 Å². The number of halogens is 1. The van der Waals surface area contributed by atoms with E-state index in [4.69, 9.17) is 0 Å².